The molecule has 1 aromatic carbocycles. The fourth-order valence-corrected chi connectivity index (χ4v) is 3.30. The number of hydrogen-bond donors (Lipinski definition) is 3. The lowest BCUT2D eigenvalue weighted by Crippen LogP contribution is -2.14. The number of aryl methyl sites for hydroxylation is 1. The number of fused-ring (bicyclic) bond motifs is 3. The summed E-state index contributed by atoms with van der Waals surface area (Å²) in [5.41, 5.74) is 11.9. The van der Waals surface area contributed by atoms with E-state index in [9.17, 15) is 4.79 Å². The van der Waals surface area contributed by atoms with Crippen LogP contribution in [0.25, 0.3) is 11.4 Å². The van der Waals surface area contributed by atoms with Crippen molar-refractivity contribution in [2.45, 2.75) is 26.7 Å². The monoisotopic (exact) mass is 364 g/mol. The van der Waals surface area contributed by atoms with E-state index < -0.39 is 5.97 Å². The number of carbonyl (C=O) groups excluding carboxylic acids is 1. The molecule has 2 aromatic heterocycles. The van der Waals surface area contributed by atoms with Crippen molar-refractivity contribution in [3.63, 3.8) is 0 Å². The van der Waals surface area contributed by atoms with Crippen LogP contribution in [0.15, 0.2) is 24.3 Å². The molecule has 3 aromatic rings. The minimum absolute atomic E-state index is 0.317. The molecule has 0 radical (unpaired) electrons. The number of hydrogen-bond acceptors (Lipinski definition) is 7. The Morgan fingerprint density at radius 1 is 1.22 bits per heavy atom. The van der Waals surface area contributed by atoms with Gasteiger partial charge < -0.3 is 15.8 Å². The SMILES string of the molecule is CCOC(=O)c1[nH]nc2c1CCc1c(C)nc(Nc3ccccc3N)nc1-2. The van der Waals surface area contributed by atoms with E-state index in [1.807, 2.05) is 31.2 Å². The molecule has 0 unspecified atom stereocenters. The van der Waals surface area contributed by atoms with Crippen molar-refractivity contribution >= 4 is 23.3 Å². The molecule has 0 saturated carbocycles. The lowest BCUT2D eigenvalue weighted by molar-refractivity contribution is 0.0518. The minimum Gasteiger partial charge on any atom is -0.461 e. The Kier molecular flexibility index (Phi) is 4.23. The van der Waals surface area contributed by atoms with E-state index in [-0.39, 0.29) is 0 Å². The van der Waals surface area contributed by atoms with Crippen molar-refractivity contribution in [1.82, 2.24) is 20.2 Å². The quantitative estimate of drug-likeness (QED) is 0.481. The number of nitrogens with zero attached hydrogens (tertiary/aromatic N) is 3. The van der Waals surface area contributed by atoms with Crippen LogP contribution in [0.4, 0.5) is 17.3 Å². The molecule has 138 valence electrons. The molecule has 0 saturated heterocycles. The number of H-pyrrole nitrogens is 1. The number of benzene rings is 1. The van der Waals surface area contributed by atoms with Crippen LogP contribution in [-0.4, -0.2) is 32.7 Å². The fraction of sp³-hybridized carbons (Fsp3) is 0.263. The van der Waals surface area contributed by atoms with Gasteiger partial charge in [0.25, 0.3) is 0 Å². The molecule has 8 heteroatoms. The van der Waals surface area contributed by atoms with E-state index in [4.69, 9.17) is 10.5 Å². The van der Waals surface area contributed by atoms with E-state index in [0.717, 1.165) is 34.6 Å². The van der Waals surface area contributed by atoms with Gasteiger partial charge in [-0.25, -0.2) is 14.8 Å². The first-order chi connectivity index (χ1) is 13.1. The summed E-state index contributed by atoms with van der Waals surface area (Å²) in [5, 5.41) is 10.3. The van der Waals surface area contributed by atoms with Gasteiger partial charge >= 0.3 is 5.97 Å². The summed E-state index contributed by atoms with van der Waals surface area (Å²) >= 11 is 0. The Labute approximate surface area is 156 Å². The van der Waals surface area contributed by atoms with Crippen LogP contribution in [0.5, 0.6) is 0 Å². The number of esters is 1. The predicted molar refractivity (Wildman–Crippen MR) is 102 cm³/mol. The Hall–Kier alpha value is -3.42. The maximum atomic E-state index is 12.1. The zero-order valence-corrected chi connectivity index (χ0v) is 15.2. The van der Waals surface area contributed by atoms with Gasteiger partial charge in [-0.1, -0.05) is 12.1 Å². The smallest absolute Gasteiger partial charge is 0.356 e. The lowest BCUT2D eigenvalue weighted by atomic mass is 9.91. The molecule has 8 nitrogen and oxygen atoms in total. The van der Waals surface area contributed by atoms with E-state index in [0.29, 0.717) is 36.1 Å². The van der Waals surface area contributed by atoms with Crippen LogP contribution >= 0.6 is 0 Å². The summed E-state index contributed by atoms with van der Waals surface area (Å²) in [6.45, 7) is 4.04. The Balaban J connectivity index is 1.75. The highest BCUT2D eigenvalue weighted by atomic mass is 16.5. The first kappa shape index (κ1) is 17.0. The number of anilines is 3. The molecular weight excluding hydrogens is 344 g/mol. The van der Waals surface area contributed by atoms with Crippen LogP contribution in [0, 0.1) is 6.92 Å². The van der Waals surface area contributed by atoms with E-state index in [1.165, 1.54) is 0 Å². The van der Waals surface area contributed by atoms with Gasteiger partial charge in [0.2, 0.25) is 5.95 Å². The molecule has 4 rings (SSSR count). The maximum Gasteiger partial charge on any atom is 0.356 e. The van der Waals surface area contributed by atoms with Crippen LogP contribution in [0.1, 0.15) is 34.2 Å². The van der Waals surface area contributed by atoms with E-state index >= 15 is 0 Å². The molecule has 2 heterocycles. The third-order valence-corrected chi connectivity index (χ3v) is 4.62. The second-order valence-electron chi connectivity index (χ2n) is 6.32. The third-order valence-electron chi connectivity index (χ3n) is 4.62. The zero-order valence-electron chi connectivity index (χ0n) is 15.2. The molecule has 0 spiro atoms. The van der Waals surface area contributed by atoms with E-state index in [1.54, 1.807) is 6.92 Å². The Morgan fingerprint density at radius 3 is 2.78 bits per heavy atom. The second kappa shape index (κ2) is 6.71. The molecule has 0 bridgehead atoms. The second-order valence-corrected chi connectivity index (χ2v) is 6.32. The van der Waals surface area contributed by atoms with E-state index in [2.05, 4.69) is 25.5 Å². The summed E-state index contributed by atoms with van der Waals surface area (Å²) in [6, 6.07) is 7.44. The number of nitrogens with one attached hydrogen (secondary N) is 2. The van der Waals surface area contributed by atoms with Crippen molar-refractivity contribution in [2.75, 3.05) is 17.7 Å². The van der Waals surface area contributed by atoms with Gasteiger partial charge in [-0.2, -0.15) is 5.10 Å². The third kappa shape index (κ3) is 2.99. The van der Waals surface area contributed by atoms with Crippen molar-refractivity contribution in [3.8, 4) is 11.4 Å². The van der Waals surface area contributed by atoms with Gasteiger partial charge in [0.1, 0.15) is 11.4 Å². The van der Waals surface area contributed by atoms with Gasteiger partial charge in [-0.05, 0) is 38.8 Å². The van der Waals surface area contributed by atoms with Crippen LogP contribution in [0.3, 0.4) is 0 Å². The highest BCUT2D eigenvalue weighted by Crippen LogP contribution is 2.35. The number of rotatable bonds is 4. The van der Waals surface area contributed by atoms with Crippen molar-refractivity contribution in [2.24, 2.45) is 0 Å². The number of carbonyl (C=O) groups is 1. The standard InChI is InChI=1S/C19H20N6O2/c1-3-27-18(26)17-12-9-8-11-10(2)21-19(23-15(11)16(12)24-25-17)22-14-7-5-4-6-13(14)20/h4-7H,3,8-9,20H2,1-2H3,(H,24,25)(H,21,22,23). The number of para-hydroxylation sites is 2. The molecule has 1 aliphatic carbocycles. The number of aromatic nitrogens is 4. The normalized spacial score (nSPS) is 12.2. The number of aromatic amines is 1. The summed E-state index contributed by atoms with van der Waals surface area (Å²) in [6.07, 6.45) is 1.43. The van der Waals surface area contributed by atoms with Gasteiger partial charge in [0.15, 0.2) is 0 Å². The van der Waals surface area contributed by atoms with Crippen LogP contribution in [0.2, 0.25) is 0 Å². The summed E-state index contributed by atoms with van der Waals surface area (Å²) < 4.78 is 5.11. The Bertz CT molecular complexity index is 1030. The molecule has 1 aliphatic rings. The van der Waals surface area contributed by atoms with Gasteiger partial charge in [0, 0.05) is 16.8 Å². The number of nitrogens with two attached hydrogens (primary N) is 1. The first-order valence-electron chi connectivity index (χ1n) is 8.82. The molecule has 0 aliphatic heterocycles. The molecule has 0 amide bonds. The zero-order chi connectivity index (χ0) is 19.0. The topological polar surface area (TPSA) is 119 Å². The number of nitrogen functional groups attached to an aromatic ring is 1. The van der Waals surface area contributed by atoms with Crippen LogP contribution < -0.4 is 11.1 Å². The van der Waals surface area contributed by atoms with Gasteiger partial charge in [-0.15, -0.1) is 0 Å². The first-order valence-corrected chi connectivity index (χ1v) is 8.82. The predicted octanol–water partition coefficient (Wildman–Crippen LogP) is 2.78. The van der Waals surface area contributed by atoms with Crippen molar-refractivity contribution < 1.29 is 9.53 Å². The summed E-state index contributed by atoms with van der Waals surface area (Å²) in [7, 11) is 0. The number of ether oxygens (including phenoxy) is 1. The Morgan fingerprint density at radius 2 is 2.00 bits per heavy atom. The lowest BCUT2D eigenvalue weighted by Gasteiger charge is -2.18. The van der Waals surface area contributed by atoms with Crippen molar-refractivity contribution in [1.29, 1.82) is 0 Å². The molecule has 27 heavy (non-hydrogen) atoms. The summed E-state index contributed by atoms with van der Waals surface area (Å²) in [5.74, 6) is 0.0496. The summed E-state index contributed by atoms with van der Waals surface area (Å²) in [4.78, 5) is 21.4. The molecule has 0 atom stereocenters. The van der Waals surface area contributed by atoms with Crippen molar-refractivity contribution in [3.05, 3.63) is 46.8 Å². The maximum absolute atomic E-state index is 12.1. The highest BCUT2D eigenvalue weighted by Gasteiger charge is 2.28. The van der Waals surface area contributed by atoms with Gasteiger partial charge in [-0.3, -0.25) is 5.10 Å². The molecule has 0 fully saturated rings. The largest absolute Gasteiger partial charge is 0.461 e. The average molecular weight is 364 g/mol. The van der Waals surface area contributed by atoms with Gasteiger partial charge in [0.05, 0.1) is 23.7 Å². The molecular formula is C19H20N6O2. The average Bonchev–Trinajstić information content (AvgIpc) is 3.08. The minimum atomic E-state index is -0.393. The fourth-order valence-electron chi connectivity index (χ4n) is 3.30. The molecule has 4 N–H and O–H groups in total. The van der Waals surface area contributed by atoms with Crippen LogP contribution in [-0.2, 0) is 17.6 Å². The highest BCUT2D eigenvalue weighted by molar-refractivity contribution is 5.91.